The van der Waals surface area contributed by atoms with Gasteiger partial charge < -0.3 is 10.1 Å². The molecule has 0 aliphatic rings. The normalized spacial score (nSPS) is 12.6. The summed E-state index contributed by atoms with van der Waals surface area (Å²) in [4.78, 5) is 0. The molecular weight excluding hydrogens is 210 g/mol. The molecule has 0 radical (unpaired) electrons. The number of rotatable bonds is 8. The first-order valence-corrected chi connectivity index (χ1v) is 6.54. The van der Waals surface area contributed by atoms with E-state index in [-0.39, 0.29) is 0 Å². The van der Waals surface area contributed by atoms with Crippen LogP contribution in [0, 0.1) is 12.8 Å². The zero-order valence-electron chi connectivity index (χ0n) is 11.3. The minimum absolute atomic E-state index is 0.661. The molecule has 0 aromatic heterocycles. The summed E-state index contributed by atoms with van der Waals surface area (Å²) in [7, 11) is 2.02. The van der Waals surface area contributed by atoms with E-state index in [4.69, 9.17) is 4.74 Å². The number of hydrogen-bond acceptors (Lipinski definition) is 2. The van der Waals surface area contributed by atoms with E-state index in [1.165, 1.54) is 11.1 Å². The Hall–Kier alpha value is -0.860. The van der Waals surface area contributed by atoms with Crippen molar-refractivity contribution >= 4 is 0 Å². The largest absolute Gasteiger partial charge is 0.382 e. The van der Waals surface area contributed by atoms with E-state index in [1.807, 2.05) is 14.0 Å². The van der Waals surface area contributed by atoms with Crippen molar-refractivity contribution in [3.8, 4) is 0 Å². The molecule has 1 rings (SSSR count). The van der Waals surface area contributed by atoms with Crippen LogP contribution < -0.4 is 5.32 Å². The fraction of sp³-hybridized carbons (Fsp3) is 0.600. The monoisotopic (exact) mass is 235 g/mol. The Morgan fingerprint density at radius 1 is 1.24 bits per heavy atom. The highest BCUT2D eigenvalue weighted by molar-refractivity contribution is 5.21. The Balaban J connectivity index is 2.44. The standard InChI is InChI=1S/C15H25NO/c1-4-17-10-9-15(12-16-3)11-14-7-5-13(2)6-8-14/h5-8,15-16H,4,9-12H2,1-3H3. The van der Waals surface area contributed by atoms with Gasteiger partial charge in [-0.3, -0.25) is 0 Å². The smallest absolute Gasteiger partial charge is 0.0469 e. The van der Waals surface area contributed by atoms with Gasteiger partial charge in [0.05, 0.1) is 0 Å². The van der Waals surface area contributed by atoms with Crippen LogP contribution in [0.25, 0.3) is 0 Å². The van der Waals surface area contributed by atoms with Gasteiger partial charge in [0.1, 0.15) is 0 Å². The molecule has 0 spiro atoms. The average molecular weight is 235 g/mol. The molecule has 17 heavy (non-hydrogen) atoms. The van der Waals surface area contributed by atoms with Crippen molar-refractivity contribution in [1.29, 1.82) is 0 Å². The van der Waals surface area contributed by atoms with Crippen LogP contribution in [-0.2, 0) is 11.2 Å². The lowest BCUT2D eigenvalue weighted by Gasteiger charge is -2.16. The highest BCUT2D eigenvalue weighted by atomic mass is 16.5. The fourth-order valence-corrected chi connectivity index (χ4v) is 2.02. The minimum Gasteiger partial charge on any atom is -0.382 e. The minimum atomic E-state index is 0.661. The Morgan fingerprint density at radius 2 is 1.94 bits per heavy atom. The van der Waals surface area contributed by atoms with Crippen LogP contribution in [-0.4, -0.2) is 26.8 Å². The lowest BCUT2D eigenvalue weighted by molar-refractivity contribution is 0.132. The molecule has 0 bridgehead atoms. The van der Waals surface area contributed by atoms with Crippen molar-refractivity contribution in [2.24, 2.45) is 5.92 Å². The maximum absolute atomic E-state index is 5.44. The van der Waals surface area contributed by atoms with Crippen molar-refractivity contribution < 1.29 is 4.74 Å². The van der Waals surface area contributed by atoms with E-state index in [0.717, 1.165) is 32.6 Å². The predicted molar refractivity (Wildman–Crippen MR) is 73.4 cm³/mol. The van der Waals surface area contributed by atoms with Crippen LogP contribution in [0.2, 0.25) is 0 Å². The molecule has 0 fully saturated rings. The second-order valence-corrected chi connectivity index (χ2v) is 4.60. The molecule has 1 N–H and O–H groups in total. The molecule has 0 saturated heterocycles. The first-order chi connectivity index (χ1) is 8.26. The molecule has 1 aromatic rings. The Morgan fingerprint density at radius 3 is 2.53 bits per heavy atom. The SMILES string of the molecule is CCOCCC(CNC)Cc1ccc(C)cc1. The van der Waals surface area contributed by atoms with Crippen molar-refractivity contribution in [3.63, 3.8) is 0 Å². The van der Waals surface area contributed by atoms with Gasteiger partial charge in [-0.15, -0.1) is 0 Å². The highest BCUT2D eigenvalue weighted by Crippen LogP contribution is 2.13. The predicted octanol–water partition coefficient (Wildman–Crippen LogP) is 2.80. The Bertz CT molecular complexity index is 294. The molecule has 96 valence electrons. The van der Waals surface area contributed by atoms with E-state index in [1.54, 1.807) is 0 Å². The Labute approximate surface area is 105 Å². The molecule has 0 amide bonds. The van der Waals surface area contributed by atoms with Gasteiger partial charge in [-0.1, -0.05) is 29.8 Å². The zero-order valence-corrected chi connectivity index (χ0v) is 11.3. The van der Waals surface area contributed by atoms with Crippen molar-refractivity contribution in [2.45, 2.75) is 26.7 Å². The summed E-state index contributed by atoms with van der Waals surface area (Å²) in [5.74, 6) is 0.661. The third kappa shape index (κ3) is 5.85. The molecule has 1 aromatic carbocycles. The molecule has 1 atom stereocenters. The lowest BCUT2D eigenvalue weighted by Crippen LogP contribution is -2.22. The summed E-state index contributed by atoms with van der Waals surface area (Å²) in [6.45, 7) is 6.92. The summed E-state index contributed by atoms with van der Waals surface area (Å²) in [6, 6.07) is 8.85. The molecular formula is C15H25NO. The number of ether oxygens (including phenoxy) is 1. The van der Waals surface area contributed by atoms with Crippen LogP contribution in [0.15, 0.2) is 24.3 Å². The fourth-order valence-electron chi connectivity index (χ4n) is 2.02. The van der Waals surface area contributed by atoms with E-state index in [0.29, 0.717) is 5.92 Å². The van der Waals surface area contributed by atoms with Gasteiger partial charge in [-0.25, -0.2) is 0 Å². The van der Waals surface area contributed by atoms with Crippen LogP contribution >= 0.6 is 0 Å². The molecule has 2 heteroatoms. The number of hydrogen-bond donors (Lipinski definition) is 1. The third-order valence-electron chi connectivity index (χ3n) is 3.01. The van der Waals surface area contributed by atoms with E-state index in [9.17, 15) is 0 Å². The second kappa shape index (κ2) is 8.26. The summed E-state index contributed by atoms with van der Waals surface area (Å²) in [5.41, 5.74) is 2.75. The van der Waals surface area contributed by atoms with Gasteiger partial charge in [-0.05, 0) is 51.8 Å². The summed E-state index contributed by atoms with van der Waals surface area (Å²) in [6.07, 6.45) is 2.26. The molecule has 0 heterocycles. The van der Waals surface area contributed by atoms with Gasteiger partial charge in [0.15, 0.2) is 0 Å². The van der Waals surface area contributed by atoms with Gasteiger partial charge in [0.2, 0.25) is 0 Å². The second-order valence-electron chi connectivity index (χ2n) is 4.60. The summed E-state index contributed by atoms with van der Waals surface area (Å²) < 4.78 is 5.44. The van der Waals surface area contributed by atoms with E-state index in [2.05, 4.69) is 36.5 Å². The Kier molecular flexibility index (Phi) is 6.90. The topological polar surface area (TPSA) is 21.3 Å². The molecule has 2 nitrogen and oxygen atoms in total. The lowest BCUT2D eigenvalue weighted by atomic mass is 9.96. The van der Waals surface area contributed by atoms with Gasteiger partial charge >= 0.3 is 0 Å². The van der Waals surface area contributed by atoms with Crippen LogP contribution in [0.4, 0.5) is 0 Å². The number of aryl methyl sites for hydroxylation is 1. The number of nitrogens with one attached hydrogen (secondary N) is 1. The van der Waals surface area contributed by atoms with Crippen molar-refractivity contribution in [3.05, 3.63) is 35.4 Å². The van der Waals surface area contributed by atoms with Crippen LogP contribution in [0.3, 0.4) is 0 Å². The maximum Gasteiger partial charge on any atom is 0.0469 e. The van der Waals surface area contributed by atoms with Crippen LogP contribution in [0.1, 0.15) is 24.5 Å². The quantitative estimate of drug-likeness (QED) is 0.700. The highest BCUT2D eigenvalue weighted by Gasteiger charge is 2.08. The third-order valence-corrected chi connectivity index (χ3v) is 3.01. The van der Waals surface area contributed by atoms with Gasteiger partial charge in [-0.2, -0.15) is 0 Å². The van der Waals surface area contributed by atoms with Crippen LogP contribution in [0.5, 0.6) is 0 Å². The zero-order chi connectivity index (χ0) is 12.5. The first kappa shape index (κ1) is 14.2. The number of benzene rings is 1. The molecule has 1 unspecified atom stereocenters. The molecule has 0 saturated carbocycles. The van der Waals surface area contributed by atoms with Crippen molar-refractivity contribution in [2.75, 3.05) is 26.8 Å². The van der Waals surface area contributed by atoms with E-state index < -0.39 is 0 Å². The first-order valence-electron chi connectivity index (χ1n) is 6.54. The van der Waals surface area contributed by atoms with Gasteiger partial charge in [0, 0.05) is 13.2 Å². The van der Waals surface area contributed by atoms with Gasteiger partial charge in [0.25, 0.3) is 0 Å². The van der Waals surface area contributed by atoms with Crippen molar-refractivity contribution in [1.82, 2.24) is 5.32 Å². The summed E-state index contributed by atoms with van der Waals surface area (Å²) in [5, 5.41) is 3.27. The average Bonchev–Trinajstić information content (AvgIpc) is 2.32. The molecule has 0 aliphatic carbocycles. The van der Waals surface area contributed by atoms with E-state index >= 15 is 0 Å². The maximum atomic E-state index is 5.44. The molecule has 0 aliphatic heterocycles. The summed E-state index contributed by atoms with van der Waals surface area (Å²) >= 11 is 0.